The molecule has 1 aliphatic heterocycles. The molecule has 0 saturated carbocycles. The molecule has 0 unspecified atom stereocenters. The van der Waals surface area contributed by atoms with Gasteiger partial charge in [0.2, 0.25) is 0 Å². The summed E-state index contributed by atoms with van der Waals surface area (Å²) < 4.78 is 15.0. The Bertz CT molecular complexity index is 386. The Morgan fingerprint density at radius 1 is 0.579 bits per heavy atom. The molecule has 19 heavy (non-hydrogen) atoms. The van der Waals surface area contributed by atoms with E-state index < -0.39 is 0 Å². The molecule has 0 fully saturated rings. The van der Waals surface area contributed by atoms with Gasteiger partial charge in [0.1, 0.15) is 0 Å². The number of hydrogen-bond donors (Lipinski definition) is 0. The maximum Gasteiger partial charge on any atom is 0 e. The van der Waals surface area contributed by atoms with Crippen molar-refractivity contribution in [2.45, 2.75) is 34.6 Å². The van der Waals surface area contributed by atoms with E-state index in [0.717, 1.165) is 0 Å². The zero-order chi connectivity index (χ0) is 14.7. The van der Waals surface area contributed by atoms with Gasteiger partial charge in [0, 0.05) is 54.7 Å². The van der Waals surface area contributed by atoms with Crippen molar-refractivity contribution in [1.29, 1.82) is 0 Å². The Labute approximate surface area is 134 Å². The summed E-state index contributed by atoms with van der Waals surface area (Å²) in [5.41, 5.74) is 5.87. The van der Waals surface area contributed by atoms with E-state index >= 15 is 0 Å². The van der Waals surface area contributed by atoms with Crippen LogP contribution in [0.5, 0.6) is 0 Å². The van der Waals surface area contributed by atoms with Gasteiger partial charge >= 0.3 is 22.6 Å². The first-order chi connectivity index (χ1) is 8.55. The number of allylic oxidation sites excluding steroid dienone is 4. The van der Waals surface area contributed by atoms with Crippen molar-refractivity contribution >= 4 is 30.2 Å². The van der Waals surface area contributed by atoms with Crippen LogP contribution in [-0.4, -0.2) is 0 Å². The van der Waals surface area contributed by atoms with Crippen molar-refractivity contribution < 1.29 is 27.9 Å². The van der Waals surface area contributed by atoms with Crippen LogP contribution in [0.25, 0.3) is 0 Å². The molecule has 0 aromatic heterocycles. The first-order valence-corrected chi connectivity index (χ1v) is 11.4. The molecule has 0 bridgehead atoms. The van der Waals surface area contributed by atoms with Gasteiger partial charge in [-0.15, -0.1) is 0 Å². The second kappa shape index (κ2) is 15.1. The van der Waals surface area contributed by atoms with Gasteiger partial charge < -0.3 is 0 Å². The third-order valence-corrected chi connectivity index (χ3v) is 15.8. The van der Waals surface area contributed by atoms with Crippen LogP contribution in [0, 0.1) is 19.2 Å². The first kappa shape index (κ1) is 24.7. The van der Waals surface area contributed by atoms with Crippen LogP contribution >= 0.6 is 30.2 Å². The van der Waals surface area contributed by atoms with E-state index in [0.29, 0.717) is 0 Å². The van der Waals surface area contributed by atoms with Crippen LogP contribution in [0.3, 0.4) is 0 Å². The van der Waals surface area contributed by atoms with Crippen LogP contribution in [0.15, 0.2) is 22.3 Å². The molecule has 0 saturated heterocycles. The second-order valence-corrected chi connectivity index (χ2v) is 12.8. The molecule has 7 heteroatoms. The standard InChI is InChI=1S/C10H15.2CO.P4.V/c1-6-7(2)9(4)10(5)8(6)3;2*1-2;1-2-4-3-1;/h1-5H3;;;;. The van der Waals surface area contributed by atoms with Crippen molar-refractivity contribution in [2.24, 2.45) is 0 Å². The van der Waals surface area contributed by atoms with Crippen molar-refractivity contribution in [3.05, 3.63) is 41.5 Å². The van der Waals surface area contributed by atoms with E-state index in [1.165, 1.54) is 28.2 Å². The Balaban J connectivity index is -0.000000239. The fourth-order valence-corrected chi connectivity index (χ4v) is 4.65. The molecule has 0 atom stereocenters. The predicted octanol–water partition coefficient (Wildman–Crippen LogP) is 6.63. The molecular weight excluding hydrogens is 351 g/mol. The van der Waals surface area contributed by atoms with Crippen LogP contribution in [0.2, 0.25) is 0 Å². The van der Waals surface area contributed by atoms with E-state index in [9.17, 15) is 0 Å². The van der Waals surface area contributed by atoms with E-state index in [4.69, 9.17) is 9.30 Å². The summed E-state index contributed by atoms with van der Waals surface area (Å²) in [6.07, 6.45) is 0. The van der Waals surface area contributed by atoms with Crippen molar-refractivity contribution in [3.8, 4) is 0 Å². The number of rotatable bonds is 0. The quantitative estimate of drug-likeness (QED) is 0.262. The Hall–Kier alpha value is 0.744. The maximum atomic E-state index is 7.50. The molecule has 2 rings (SSSR count). The minimum absolute atomic E-state index is 0. The minimum Gasteiger partial charge on any atom is 0 e. The Morgan fingerprint density at radius 3 is 0.842 bits per heavy atom. The van der Waals surface area contributed by atoms with Gasteiger partial charge in [0.25, 0.3) is 0 Å². The molecule has 0 aromatic carbocycles. The summed E-state index contributed by atoms with van der Waals surface area (Å²) in [4.78, 5) is 0. The summed E-state index contributed by atoms with van der Waals surface area (Å²) in [7, 11) is 6.44. The van der Waals surface area contributed by atoms with Crippen LogP contribution in [0.1, 0.15) is 34.6 Å². The average molecular weight is 366 g/mol. The third kappa shape index (κ3) is 8.58. The zero-order valence-corrected chi connectivity index (χ0v) is 16.5. The summed E-state index contributed by atoms with van der Waals surface area (Å²) in [6, 6.07) is 0. The summed E-state index contributed by atoms with van der Waals surface area (Å²) in [6.45, 7) is 20.0. The first-order valence-electron chi connectivity index (χ1n) is 4.96. The monoisotopic (exact) mass is 366 g/mol. The van der Waals surface area contributed by atoms with E-state index in [2.05, 4.69) is 47.9 Å². The van der Waals surface area contributed by atoms with E-state index in [-0.39, 0.29) is 18.6 Å². The normalized spacial score (nSPS) is 18.2. The van der Waals surface area contributed by atoms with Gasteiger partial charge in [-0.2, -0.15) is 0 Å². The average Bonchev–Trinajstić information content (AvgIpc) is 2.51. The van der Waals surface area contributed by atoms with Crippen LogP contribution in [-0.2, 0) is 27.9 Å². The number of hydrogen-bond acceptors (Lipinski definition) is 0. The minimum atomic E-state index is 0. The molecule has 0 N–H and O–H groups in total. The van der Waals surface area contributed by atoms with Gasteiger partial charge in [0.15, 0.2) is 0 Å². The molecule has 2 aliphatic rings. The van der Waals surface area contributed by atoms with Crippen LogP contribution < -0.4 is 0 Å². The fourth-order valence-electron chi connectivity index (χ4n) is 1.45. The molecule has 0 spiro atoms. The van der Waals surface area contributed by atoms with E-state index in [1.807, 2.05) is 0 Å². The fraction of sp³-hybridized carbons (Fsp3) is 0.417. The van der Waals surface area contributed by atoms with Gasteiger partial charge in [-0.1, -0.05) is 18.1 Å². The third-order valence-electron chi connectivity index (χ3n) is 2.97. The summed E-state index contributed by atoms with van der Waals surface area (Å²) in [5, 5.41) is 0. The van der Waals surface area contributed by atoms with E-state index in [1.54, 1.807) is 30.2 Å². The smallest absolute Gasteiger partial charge is 0 e. The SMILES string of the molecule is C[C]1C(C)=C(C)C(C)=C1C.P1=PP=P1.[C-]#[O+].[C-]#[O+].[V]. The van der Waals surface area contributed by atoms with Gasteiger partial charge in [-0.25, -0.2) is 0 Å². The predicted molar refractivity (Wildman–Crippen MR) is 81.2 cm³/mol. The van der Waals surface area contributed by atoms with Gasteiger partial charge in [-0.3, -0.25) is 0 Å². The molecule has 0 amide bonds. The van der Waals surface area contributed by atoms with Crippen molar-refractivity contribution in [2.75, 3.05) is 0 Å². The molecule has 1 aliphatic carbocycles. The molecule has 100 valence electrons. The Kier molecular flexibility index (Phi) is 19.7. The van der Waals surface area contributed by atoms with Gasteiger partial charge in [-0.05, 0) is 38.8 Å². The van der Waals surface area contributed by atoms with Crippen LogP contribution in [0.4, 0.5) is 0 Å². The summed E-state index contributed by atoms with van der Waals surface area (Å²) in [5.74, 6) is 1.47. The molecule has 0 aromatic rings. The molecule has 2 radical (unpaired) electrons. The van der Waals surface area contributed by atoms with Crippen molar-refractivity contribution in [3.63, 3.8) is 0 Å². The molecular formula is C12H15O2P4V. The topological polar surface area (TPSA) is 39.8 Å². The second-order valence-electron chi connectivity index (χ2n) is 3.48. The zero-order valence-electron chi connectivity index (χ0n) is 11.6. The summed E-state index contributed by atoms with van der Waals surface area (Å²) >= 11 is 0. The van der Waals surface area contributed by atoms with Crippen molar-refractivity contribution in [1.82, 2.24) is 0 Å². The molecule has 2 nitrogen and oxygen atoms in total. The maximum absolute atomic E-state index is 7.50. The van der Waals surface area contributed by atoms with Gasteiger partial charge in [0.05, 0.1) is 0 Å². The molecule has 1 heterocycles. The largest absolute Gasteiger partial charge is 0 e. The Morgan fingerprint density at radius 2 is 0.789 bits per heavy atom.